The summed E-state index contributed by atoms with van der Waals surface area (Å²) in [7, 11) is 3.32. The molecule has 1 N–H and O–H groups in total. The number of anilines is 1. The lowest BCUT2D eigenvalue weighted by molar-refractivity contribution is 0.404. The molecule has 1 aromatic carbocycles. The van der Waals surface area contributed by atoms with Gasteiger partial charge in [0.1, 0.15) is 11.5 Å². The van der Waals surface area contributed by atoms with E-state index >= 15 is 0 Å². The predicted octanol–water partition coefficient (Wildman–Crippen LogP) is 4.14. The maximum Gasteiger partial charge on any atom is 0.142 e. The molecule has 0 fully saturated rings. The van der Waals surface area contributed by atoms with Crippen LogP contribution in [-0.2, 0) is 6.54 Å². The summed E-state index contributed by atoms with van der Waals surface area (Å²) in [6, 6.07) is 7.81. The van der Waals surface area contributed by atoms with Crippen LogP contribution in [0.5, 0.6) is 11.5 Å². The number of halogens is 1. The summed E-state index contributed by atoms with van der Waals surface area (Å²) in [5.74, 6) is 1.62. The van der Waals surface area contributed by atoms with Gasteiger partial charge in [-0.25, -0.2) is 0 Å². The first kappa shape index (κ1) is 13.2. The zero-order chi connectivity index (χ0) is 13.0. The van der Waals surface area contributed by atoms with E-state index in [4.69, 9.17) is 9.47 Å². The Morgan fingerprint density at radius 1 is 1.22 bits per heavy atom. The second kappa shape index (κ2) is 6.11. The molecule has 0 atom stereocenters. The molecule has 0 saturated carbocycles. The fourth-order valence-corrected chi connectivity index (χ4v) is 2.80. The van der Waals surface area contributed by atoms with Crippen LogP contribution in [0.25, 0.3) is 0 Å². The Morgan fingerprint density at radius 2 is 2.06 bits per heavy atom. The Kier molecular flexibility index (Phi) is 4.49. The van der Waals surface area contributed by atoms with Crippen molar-refractivity contribution in [1.29, 1.82) is 0 Å². The van der Waals surface area contributed by atoms with Gasteiger partial charge in [-0.1, -0.05) is 0 Å². The number of nitrogens with one attached hydrogen (secondary N) is 1. The van der Waals surface area contributed by atoms with Crippen molar-refractivity contribution in [2.75, 3.05) is 19.5 Å². The number of benzene rings is 1. The number of hydrogen-bond donors (Lipinski definition) is 1. The topological polar surface area (TPSA) is 30.5 Å². The molecule has 3 nitrogen and oxygen atoms in total. The van der Waals surface area contributed by atoms with Gasteiger partial charge in [0.25, 0.3) is 0 Å². The molecule has 0 aliphatic carbocycles. The lowest BCUT2D eigenvalue weighted by Crippen LogP contribution is -2.00. The van der Waals surface area contributed by atoms with Crippen LogP contribution in [0.2, 0.25) is 0 Å². The van der Waals surface area contributed by atoms with Crippen LogP contribution in [0.15, 0.2) is 33.4 Å². The van der Waals surface area contributed by atoms with Gasteiger partial charge in [-0.3, -0.25) is 0 Å². The molecular formula is C13H14BrNO2S. The highest BCUT2D eigenvalue weighted by Gasteiger charge is 2.05. The molecule has 2 rings (SSSR count). The van der Waals surface area contributed by atoms with E-state index in [1.54, 1.807) is 25.6 Å². The molecule has 96 valence electrons. The van der Waals surface area contributed by atoms with Crippen LogP contribution >= 0.6 is 27.3 Å². The number of methoxy groups -OCH3 is 2. The van der Waals surface area contributed by atoms with Gasteiger partial charge in [0, 0.05) is 12.6 Å². The van der Waals surface area contributed by atoms with Gasteiger partial charge in [0.05, 0.1) is 23.7 Å². The molecule has 0 radical (unpaired) electrons. The lowest BCUT2D eigenvalue weighted by atomic mass is 10.2. The molecular weight excluding hydrogens is 314 g/mol. The van der Waals surface area contributed by atoms with Gasteiger partial charge in [-0.2, -0.15) is 0 Å². The minimum absolute atomic E-state index is 0.756. The zero-order valence-corrected chi connectivity index (χ0v) is 12.6. The maximum atomic E-state index is 5.31. The quantitative estimate of drug-likeness (QED) is 0.895. The molecule has 0 amide bonds. The standard InChI is InChI=1S/C13H14BrNO2S/c1-16-10-3-4-12(17-2)11(6-10)15-7-9-5-13(14)18-8-9/h3-6,8,15H,7H2,1-2H3. The first-order chi connectivity index (χ1) is 8.72. The largest absolute Gasteiger partial charge is 0.497 e. The summed E-state index contributed by atoms with van der Waals surface area (Å²) < 4.78 is 11.7. The van der Waals surface area contributed by atoms with Crippen molar-refractivity contribution in [1.82, 2.24) is 0 Å². The van der Waals surface area contributed by atoms with Crippen LogP contribution in [0.3, 0.4) is 0 Å². The summed E-state index contributed by atoms with van der Waals surface area (Å²) in [6.45, 7) is 0.756. The summed E-state index contributed by atoms with van der Waals surface area (Å²) in [5, 5.41) is 5.46. The van der Waals surface area contributed by atoms with Gasteiger partial charge < -0.3 is 14.8 Å². The first-order valence-corrected chi connectivity index (χ1v) is 7.09. The first-order valence-electron chi connectivity index (χ1n) is 5.41. The van der Waals surface area contributed by atoms with Crippen molar-refractivity contribution in [3.8, 4) is 11.5 Å². The Labute approximate surface area is 119 Å². The maximum absolute atomic E-state index is 5.31. The average Bonchev–Trinajstić information content (AvgIpc) is 2.81. The third kappa shape index (κ3) is 3.17. The van der Waals surface area contributed by atoms with Crippen molar-refractivity contribution in [3.05, 3.63) is 39.0 Å². The van der Waals surface area contributed by atoms with E-state index in [1.165, 1.54) is 5.56 Å². The van der Waals surface area contributed by atoms with Crippen LogP contribution in [0.4, 0.5) is 5.69 Å². The van der Waals surface area contributed by atoms with Gasteiger partial charge >= 0.3 is 0 Å². The molecule has 5 heteroatoms. The second-order valence-corrected chi connectivity index (χ2v) is 5.97. The Hall–Kier alpha value is -1.20. The second-order valence-electron chi connectivity index (χ2n) is 3.68. The minimum atomic E-state index is 0.756. The van der Waals surface area contributed by atoms with Crippen LogP contribution in [0, 0.1) is 0 Å². The summed E-state index contributed by atoms with van der Waals surface area (Å²) in [6.07, 6.45) is 0. The fraction of sp³-hybridized carbons (Fsp3) is 0.231. The highest BCUT2D eigenvalue weighted by molar-refractivity contribution is 9.11. The predicted molar refractivity (Wildman–Crippen MR) is 78.9 cm³/mol. The van der Waals surface area contributed by atoms with Gasteiger partial charge in [-0.15, -0.1) is 11.3 Å². The van der Waals surface area contributed by atoms with Crippen molar-refractivity contribution in [2.45, 2.75) is 6.54 Å². The number of thiophene rings is 1. The highest BCUT2D eigenvalue weighted by atomic mass is 79.9. The van der Waals surface area contributed by atoms with Gasteiger partial charge in [0.15, 0.2) is 0 Å². The Morgan fingerprint density at radius 3 is 2.67 bits per heavy atom. The molecule has 0 bridgehead atoms. The van der Waals surface area contributed by atoms with E-state index in [-0.39, 0.29) is 0 Å². The smallest absolute Gasteiger partial charge is 0.142 e. The third-order valence-corrected chi connectivity index (χ3v) is 4.06. The average molecular weight is 328 g/mol. The lowest BCUT2D eigenvalue weighted by Gasteiger charge is -2.12. The zero-order valence-electron chi connectivity index (χ0n) is 10.2. The van der Waals surface area contributed by atoms with Crippen LogP contribution in [0.1, 0.15) is 5.56 Å². The summed E-state index contributed by atoms with van der Waals surface area (Å²) in [4.78, 5) is 0. The van der Waals surface area contributed by atoms with E-state index in [1.807, 2.05) is 18.2 Å². The highest BCUT2D eigenvalue weighted by Crippen LogP contribution is 2.30. The van der Waals surface area contributed by atoms with Crippen molar-refractivity contribution in [3.63, 3.8) is 0 Å². The molecule has 0 saturated heterocycles. The number of ether oxygens (including phenoxy) is 2. The molecule has 18 heavy (non-hydrogen) atoms. The van der Waals surface area contributed by atoms with Crippen LogP contribution < -0.4 is 14.8 Å². The summed E-state index contributed by atoms with van der Waals surface area (Å²) in [5.41, 5.74) is 2.16. The van der Waals surface area contributed by atoms with E-state index in [0.717, 1.165) is 27.5 Å². The van der Waals surface area contributed by atoms with Crippen molar-refractivity contribution >= 4 is 33.0 Å². The molecule has 0 unspecified atom stereocenters. The van der Waals surface area contributed by atoms with E-state index in [9.17, 15) is 0 Å². The summed E-state index contributed by atoms with van der Waals surface area (Å²) >= 11 is 5.13. The van der Waals surface area contributed by atoms with Gasteiger partial charge in [-0.05, 0) is 45.1 Å². The number of hydrogen-bond acceptors (Lipinski definition) is 4. The van der Waals surface area contributed by atoms with Crippen molar-refractivity contribution < 1.29 is 9.47 Å². The molecule has 0 aliphatic heterocycles. The molecule has 1 aromatic heterocycles. The molecule has 0 aliphatic rings. The van der Waals surface area contributed by atoms with E-state index in [0.29, 0.717) is 0 Å². The number of rotatable bonds is 5. The monoisotopic (exact) mass is 327 g/mol. The third-order valence-electron chi connectivity index (χ3n) is 2.51. The van der Waals surface area contributed by atoms with E-state index in [2.05, 4.69) is 32.7 Å². The molecule has 0 spiro atoms. The Balaban J connectivity index is 2.11. The fourth-order valence-electron chi connectivity index (χ4n) is 1.59. The van der Waals surface area contributed by atoms with E-state index < -0.39 is 0 Å². The van der Waals surface area contributed by atoms with Gasteiger partial charge in [0.2, 0.25) is 0 Å². The van der Waals surface area contributed by atoms with Crippen molar-refractivity contribution in [2.24, 2.45) is 0 Å². The Bertz CT molecular complexity index is 527. The minimum Gasteiger partial charge on any atom is -0.497 e. The molecule has 2 aromatic rings. The SMILES string of the molecule is COc1ccc(OC)c(NCc2csc(Br)c2)c1. The molecule has 1 heterocycles. The normalized spacial score (nSPS) is 10.2. The van der Waals surface area contributed by atoms with Crippen LogP contribution in [-0.4, -0.2) is 14.2 Å².